The summed E-state index contributed by atoms with van der Waals surface area (Å²) in [6.45, 7) is 8.96. The number of amides is 2. The molecule has 0 aliphatic heterocycles. The first-order valence-electron chi connectivity index (χ1n) is 11.4. The third kappa shape index (κ3) is 5.79. The van der Waals surface area contributed by atoms with Crippen LogP contribution in [0.3, 0.4) is 0 Å². The standard InChI is InChI=1S/C24H31N3O5S2/c1-5-30-16-11-14(12-17(31-6-2)20(16)32-7-3)22(29)26-24(33)27-23-19(21(25)28)15-9-8-13(4)10-18(15)34-23/h11-13H,5-10H2,1-4H3,(H2,25,28)(H2,26,27,29,33). The van der Waals surface area contributed by atoms with E-state index in [1.54, 1.807) is 12.1 Å². The number of fused-ring (bicyclic) bond motifs is 1. The van der Waals surface area contributed by atoms with E-state index in [-0.39, 0.29) is 5.11 Å². The highest BCUT2D eigenvalue weighted by molar-refractivity contribution is 7.80. The molecule has 0 bridgehead atoms. The van der Waals surface area contributed by atoms with Crippen LogP contribution in [0.4, 0.5) is 5.00 Å². The van der Waals surface area contributed by atoms with Crippen molar-refractivity contribution >= 4 is 45.5 Å². The van der Waals surface area contributed by atoms with Gasteiger partial charge in [-0.25, -0.2) is 0 Å². The first kappa shape index (κ1) is 25.8. The van der Waals surface area contributed by atoms with Gasteiger partial charge < -0.3 is 25.3 Å². The second kappa shape index (κ2) is 11.5. The van der Waals surface area contributed by atoms with E-state index in [2.05, 4.69) is 17.6 Å². The zero-order valence-corrected chi connectivity index (χ0v) is 21.5. The molecule has 4 N–H and O–H groups in total. The van der Waals surface area contributed by atoms with Crippen molar-refractivity contribution in [2.45, 2.75) is 47.0 Å². The molecule has 0 fully saturated rings. The van der Waals surface area contributed by atoms with Gasteiger partial charge in [-0.1, -0.05) is 6.92 Å². The lowest BCUT2D eigenvalue weighted by Crippen LogP contribution is -2.34. The van der Waals surface area contributed by atoms with E-state index in [0.29, 0.717) is 59.1 Å². The first-order chi connectivity index (χ1) is 16.3. The third-order valence-corrected chi connectivity index (χ3v) is 6.76. The van der Waals surface area contributed by atoms with Crippen LogP contribution >= 0.6 is 23.6 Å². The smallest absolute Gasteiger partial charge is 0.257 e. The van der Waals surface area contributed by atoms with Gasteiger partial charge in [-0.05, 0) is 75.9 Å². The summed E-state index contributed by atoms with van der Waals surface area (Å²) >= 11 is 6.85. The number of hydrogen-bond donors (Lipinski definition) is 3. The van der Waals surface area contributed by atoms with Gasteiger partial charge in [0, 0.05) is 10.4 Å². The molecule has 2 amide bonds. The van der Waals surface area contributed by atoms with Crippen LogP contribution in [-0.4, -0.2) is 36.7 Å². The Labute approximate surface area is 209 Å². The number of primary amides is 1. The van der Waals surface area contributed by atoms with Crippen molar-refractivity contribution in [3.8, 4) is 17.2 Å². The molecule has 1 aromatic carbocycles. The maximum absolute atomic E-state index is 13.0. The Kier molecular flexibility index (Phi) is 8.73. The number of carbonyl (C=O) groups is 2. The molecule has 1 aromatic heterocycles. The fourth-order valence-corrected chi connectivity index (χ4v) is 5.61. The minimum atomic E-state index is -0.502. The third-order valence-electron chi connectivity index (χ3n) is 5.38. The van der Waals surface area contributed by atoms with Gasteiger partial charge >= 0.3 is 0 Å². The minimum absolute atomic E-state index is 0.0731. The fourth-order valence-electron chi connectivity index (χ4n) is 3.93. The lowest BCUT2D eigenvalue weighted by Gasteiger charge is -2.18. The number of nitrogens with two attached hydrogens (primary N) is 1. The molecule has 2 aromatic rings. The van der Waals surface area contributed by atoms with E-state index in [1.807, 2.05) is 20.8 Å². The normalized spacial score (nSPS) is 14.6. The van der Waals surface area contributed by atoms with Gasteiger partial charge in [-0.2, -0.15) is 0 Å². The Hall–Kier alpha value is -2.85. The van der Waals surface area contributed by atoms with Crippen molar-refractivity contribution < 1.29 is 23.8 Å². The van der Waals surface area contributed by atoms with Gasteiger partial charge in [0.1, 0.15) is 5.00 Å². The topological polar surface area (TPSA) is 112 Å². The quantitative estimate of drug-likeness (QED) is 0.436. The molecule has 1 aliphatic rings. The summed E-state index contributed by atoms with van der Waals surface area (Å²) in [5, 5.41) is 6.32. The van der Waals surface area contributed by atoms with Crippen LogP contribution in [0.2, 0.25) is 0 Å². The molecule has 8 nitrogen and oxygen atoms in total. The number of ether oxygens (including phenoxy) is 3. The molecule has 1 heterocycles. The molecule has 184 valence electrons. The second-order valence-electron chi connectivity index (χ2n) is 7.93. The van der Waals surface area contributed by atoms with Crippen LogP contribution in [0.5, 0.6) is 17.2 Å². The molecule has 1 aliphatic carbocycles. The van der Waals surface area contributed by atoms with Gasteiger partial charge in [-0.3, -0.25) is 14.9 Å². The van der Waals surface area contributed by atoms with Crippen LogP contribution in [-0.2, 0) is 12.8 Å². The van der Waals surface area contributed by atoms with Crippen molar-refractivity contribution in [3.63, 3.8) is 0 Å². The Morgan fingerprint density at radius 3 is 2.29 bits per heavy atom. The van der Waals surface area contributed by atoms with Crippen LogP contribution in [0.1, 0.15) is 65.3 Å². The van der Waals surface area contributed by atoms with E-state index in [0.717, 1.165) is 29.7 Å². The molecule has 1 atom stereocenters. The Bertz CT molecular complexity index is 1060. The van der Waals surface area contributed by atoms with Gasteiger partial charge in [0.2, 0.25) is 5.75 Å². The molecular weight excluding hydrogens is 474 g/mol. The SMILES string of the molecule is CCOc1cc(C(=O)NC(=S)Nc2sc3c(c2C(N)=O)CCC(C)C3)cc(OCC)c1OCC. The Morgan fingerprint density at radius 2 is 1.74 bits per heavy atom. The number of thiocarbonyl (C=S) groups is 1. The number of hydrogen-bond acceptors (Lipinski definition) is 7. The Morgan fingerprint density at radius 1 is 1.12 bits per heavy atom. The number of thiophene rings is 1. The molecular formula is C24H31N3O5S2. The van der Waals surface area contributed by atoms with E-state index >= 15 is 0 Å². The summed E-state index contributed by atoms with van der Waals surface area (Å²) in [6, 6.07) is 3.18. The van der Waals surface area contributed by atoms with Crippen LogP contribution in [0.15, 0.2) is 12.1 Å². The van der Waals surface area contributed by atoms with Crippen LogP contribution in [0.25, 0.3) is 0 Å². The lowest BCUT2D eigenvalue weighted by molar-refractivity contribution is 0.0974. The number of rotatable bonds is 9. The highest BCUT2D eigenvalue weighted by Gasteiger charge is 2.27. The first-order valence-corrected chi connectivity index (χ1v) is 12.6. The number of carbonyl (C=O) groups excluding carboxylic acids is 2. The summed E-state index contributed by atoms with van der Waals surface area (Å²) in [4.78, 5) is 26.3. The predicted octanol–water partition coefficient (Wildman–Crippen LogP) is 4.29. The average Bonchev–Trinajstić information content (AvgIpc) is 3.12. The molecule has 3 rings (SSSR count). The largest absolute Gasteiger partial charge is 0.490 e. The average molecular weight is 506 g/mol. The van der Waals surface area contributed by atoms with Gasteiger partial charge in [0.25, 0.3) is 11.8 Å². The molecule has 0 radical (unpaired) electrons. The zero-order chi connectivity index (χ0) is 24.8. The maximum atomic E-state index is 13.0. The van der Waals surface area contributed by atoms with Crippen molar-refractivity contribution in [2.24, 2.45) is 11.7 Å². The van der Waals surface area contributed by atoms with Gasteiger partial charge in [0.05, 0.1) is 25.4 Å². The summed E-state index contributed by atoms with van der Waals surface area (Å²) < 4.78 is 17.1. The second-order valence-corrected chi connectivity index (χ2v) is 9.44. The number of nitrogens with one attached hydrogen (secondary N) is 2. The number of benzene rings is 1. The van der Waals surface area contributed by atoms with Crippen LogP contribution < -0.4 is 30.6 Å². The maximum Gasteiger partial charge on any atom is 0.257 e. The van der Waals surface area contributed by atoms with Crippen molar-refractivity contribution in [3.05, 3.63) is 33.7 Å². The molecule has 0 saturated heterocycles. The molecule has 1 unspecified atom stereocenters. The summed E-state index contributed by atoms with van der Waals surface area (Å²) in [5.74, 6) is 0.875. The summed E-state index contributed by atoms with van der Waals surface area (Å²) in [6.07, 6.45) is 2.71. The van der Waals surface area contributed by atoms with Crippen molar-refractivity contribution in [1.82, 2.24) is 5.32 Å². The summed E-state index contributed by atoms with van der Waals surface area (Å²) in [5.41, 5.74) is 7.42. The zero-order valence-electron chi connectivity index (χ0n) is 19.9. The van der Waals surface area contributed by atoms with E-state index in [4.69, 9.17) is 32.2 Å². The van der Waals surface area contributed by atoms with Crippen molar-refractivity contribution in [2.75, 3.05) is 25.1 Å². The van der Waals surface area contributed by atoms with E-state index < -0.39 is 11.8 Å². The predicted molar refractivity (Wildman–Crippen MR) is 138 cm³/mol. The molecule has 34 heavy (non-hydrogen) atoms. The highest BCUT2D eigenvalue weighted by Crippen LogP contribution is 2.40. The monoisotopic (exact) mass is 505 g/mol. The Balaban J connectivity index is 1.82. The highest BCUT2D eigenvalue weighted by atomic mass is 32.1. The van der Waals surface area contributed by atoms with Gasteiger partial charge in [0.15, 0.2) is 16.6 Å². The van der Waals surface area contributed by atoms with Crippen LogP contribution in [0, 0.1) is 5.92 Å². The van der Waals surface area contributed by atoms with Crippen molar-refractivity contribution in [1.29, 1.82) is 0 Å². The van der Waals surface area contributed by atoms with E-state index in [1.165, 1.54) is 11.3 Å². The molecule has 0 spiro atoms. The van der Waals surface area contributed by atoms with E-state index in [9.17, 15) is 9.59 Å². The molecule has 0 saturated carbocycles. The molecule has 10 heteroatoms. The lowest BCUT2D eigenvalue weighted by atomic mass is 9.88. The van der Waals surface area contributed by atoms with Gasteiger partial charge in [-0.15, -0.1) is 11.3 Å². The summed E-state index contributed by atoms with van der Waals surface area (Å²) in [7, 11) is 0. The fraction of sp³-hybridized carbons (Fsp3) is 0.458. The number of anilines is 1. The minimum Gasteiger partial charge on any atom is -0.490 e.